The number of furan rings is 1. The topological polar surface area (TPSA) is 55.1 Å². The van der Waals surface area contributed by atoms with Gasteiger partial charge in [-0.15, -0.1) is 0 Å². The first-order valence-corrected chi connectivity index (χ1v) is 8.81. The second kappa shape index (κ2) is 6.75. The molecule has 5 heteroatoms. The van der Waals surface area contributed by atoms with Gasteiger partial charge in [0.15, 0.2) is 0 Å². The molecule has 1 aliphatic carbocycles. The molecule has 2 aromatic rings. The quantitative estimate of drug-likeness (QED) is 0.934. The van der Waals surface area contributed by atoms with Crippen LogP contribution in [0.4, 0.5) is 0 Å². The Morgan fingerprint density at radius 1 is 1.29 bits per heavy atom. The molecule has 0 radical (unpaired) electrons. The molecule has 0 amide bonds. The highest BCUT2D eigenvalue weighted by molar-refractivity contribution is 5.79. The summed E-state index contributed by atoms with van der Waals surface area (Å²) >= 11 is 0. The summed E-state index contributed by atoms with van der Waals surface area (Å²) < 4.78 is 17.0. The van der Waals surface area contributed by atoms with Crippen molar-refractivity contribution in [3.05, 3.63) is 30.0 Å². The van der Waals surface area contributed by atoms with E-state index < -0.39 is 0 Å². The third-order valence-electron chi connectivity index (χ3n) is 5.44. The standard InChI is InChI=1S/C19H25NO4/c1-22-14-5-6-19-13(9-14)10-15(24-19)11-20-7-8-23-12-17(20)16-3-2-4-18(16)21/h5-6,9-10,16-18,21H,2-4,7-8,11-12H2,1H3/t16-,17+,18-/m0/s1. The molecule has 0 bridgehead atoms. The third-order valence-corrected chi connectivity index (χ3v) is 5.44. The molecule has 1 aromatic heterocycles. The molecule has 3 atom stereocenters. The van der Waals surface area contributed by atoms with Gasteiger partial charge in [0.2, 0.25) is 0 Å². The zero-order chi connectivity index (χ0) is 16.5. The molecule has 2 fully saturated rings. The minimum Gasteiger partial charge on any atom is -0.497 e. The van der Waals surface area contributed by atoms with Gasteiger partial charge in [-0.05, 0) is 37.1 Å². The lowest BCUT2D eigenvalue weighted by Crippen LogP contribution is -2.50. The van der Waals surface area contributed by atoms with Crippen LogP contribution in [-0.2, 0) is 11.3 Å². The molecule has 4 rings (SSSR count). The maximum Gasteiger partial charge on any atom is 0.134 e. The van der Waals surface area contributed by atoms with Crippen molar-refractivity contribution in [2.45, 2.75) is 38.0 Å². The van der Waals surface area contributed by atoms with Gasteiger partial charge < -0.3 is 19.0 Å². The number of aliphatic hydroxyl groups is 1. The van der Waals surface area contributed by atoms with E-state index in [9.17, 15) is 5.11 Å². The van der Waals surface area contributed by atoms with Gasteiger partial charge >= 0.3 is 0 Å². The van der Waals surface area contributed by atoms with Crippen LogP contribution in [0, 0.1) is 5.92 Å². The van der Waals surface area contributed by atoms with E-state index in [0.29, 0.717) is 12.5 Å². The number of hydrogen-bond donors (Lipinski definition) is 1. The van der Waals surface area contributed by atoms with Gasteiger partial charge in [-0.3, -0.25) is 4.90 Å². The molecular weight excluding hydrogens is 306 g/mol. The Bertz CT molecular complexity index is 698. The van der Waals surface area contributed by atoms with E-state index in [-0.39, 0.29) is 12.1 Å². The van der Waals surface area contributed by atoms with E-state index >= 15 is 0 Å². The summed E-state index contributed by atoms with van der Waals surface area (Å²) in [6, 6.07) is 8.24. The zero-order valence-electron chi connectivity index (χ0n) is 14.1. The predicted octanol–water partition coefficient (Wildman–Crippen LogP) is 2.80. The smallest absolute Gasteiger partial charge is 0.134 e. The maximum atomic E-state index is 10.3. The van der Waals surface area contributed by atoms with Crippen molar-refractivity contribution in [1.82, 2.24) is 4.90 Å². The van der Waals surface area contributed by atoms with Gasteiger partial charge in [0.05, 0.1) is 33.0 Å². The van der Waals surface area contributed by atoms with Crippen LogP contribution in [0.25, 0.3) is 11.0 Å². The number of rotatable bonds is 4. The summed E-state index contributed by atoms with van der Waals surface area (Å²) in [5.41, 5.74) is 0.886. The minimum absolute atomic E-state index is 0.195. The molecule has 1 aliphatic heterocycles. The van der Waals surface area contributed by atoms with Crippen LogP contribution >= 0.6 is 0 Å². The van der Waals surface area contributed by atoms with Crippen molar-refractivity contribution in [3.8, 4) is 5.75 Å². The van der Waals surface area contributed by atoms with Crippen molar-refractivity contribution in [3.63, 3.8) is 0 Å². The fourth-order valence-corrected chi connectivity index (χ4v) is 4.15. The summed E-state index contributed by atoms with van der Waals surface area (Å²) in [6.07, 6.45) is 2.92. The van der Waals surface area contributed by atoms with Gasteiger partial charge in [-0.25, -0.2) is 0 Å². The summed E-state index contributed by atoms with van der Waals surface area (Å²) in [5, 5.41) is 11.3. The average Bonchev–Trinajstić information content (AvgIpc) is 3.20. The summed E-state index contributed by atoms with van der Waals surface area (Å²) in [7, 11) is 1.67. The van der Waals surface area contributed by atoms with Crippen LogP contribution in [0.3, 0.4) is 0 Å². The highest BCUT2D eigenvalue weighted by Crippen LogP contribution is 2.33. The first-order chi connectivity index (χ1) is 11.7. The van der Waals surface area contributed by atoms with Gasteiger partial charge in [0, 0.05) is 23.9 Å². The van der Waals surface area contributed by atoms with Gasteiger partial charge in [0.25, 0.3) is 0 Å². The third kappa shape index (κ3) is 3.04. The Morgan fingerprint density at radius 2 is 2.21 bits per heavy atom. The zero-order valence-corrected chi connectivity index (χ0v) is 14.1. The lowest BCUT2D eigenvalue weighted by Gasteiger charge is -2.39. The van der Waals surface area contributed by atoms with E-state index in [4.69, 9.17) is 13.9 Å². The number of aliphatic hydroxyl groups excluding tert-OH is 1. The molecule has 1 aromatic carbocycles. The monoisotopic (exact) mass is 331 g/mol. The average molecular weight is 331 g/mol. The van der Waals surface area contributed by atoms with Gasteiger partial charge in [0.1, 0.15) is 17.1 Å². The largest absolute Gasteiger partial charge is 0.497 e. The fraction of sp³-hybridized carbons (Fsp3) is 0.579. The molecule has 5 nitrogen and oxygen atoms in total. The molecule has 2 heterocycles. The number of benzene rings is 1. The van der Waals surface area contributed by atoms with Gasteiger partial charge in [-0.2, -0.15) is 0 Å². The molecule has 24 heavy (non-hydrogen) atoms. The highest BCUT2D eigenvalue weighted by atomic mass is 16.5. The molecular formula is C19H25NO4. The Morgan fingerprint density at radius 3 is 3.00 bits per heavy atom. The number of nitrogens with zero attached hydrogens (tertiary/aromatic N) is 1. The molecule has 2 aliphatic rings. The van der Waals surface area contributed by atoms with Crippen LogP contribution < -0.4 is 4.74 Å². The minimum atomic E-state index is -0.195. The van der Waals surface area contributed by atoms with Crippen LogP contribution in [0.5, 0.6) is 5.75 Å². The van der Waals surface area contributed by atoms with E-state index in [0.717, 1.165) is 61.4 Å². The first kappa shape index (κ1) is 15.9. The molecule has 1 N–H and O–H groups in total. The Kier molecular flexibility index (Phi) is 4.48. The fourth-order valence-electron chi connectivity index (χ4n) is 4.15. The summed E-state index contributed by atoms with van der Waals surface area (Å²) in [4.78, 5) is 2.41. The SMILES string of the molecule is COc1ccc2oc(CN3CCOC[C@@H]3[C@@H]3CCC[C@@H]3O)cc2c1. The van der Waals surface area contributed by atoms with E-state index in [1.807, 2.05) is 18.2 Å². The van der Waals surface area contributed by atoms with Crippen LogP contribution in [0.15, 0.2) is 28.7 Å². The molecule has 0 spiro atoms. The van der Waals surface area contributed by atoms with Crippen molar-refractivity contribution in [1.29, 1.82) is 0 Å². The highest BCUT2D eigenvalue weighted by Gasteiger charge is 2.37. The lowest BCUT2D eigenvalue weighted by atomic mass is 9.94. The maximum absolute atomic E-state index is 10.3. The predicted molar refractivity (Wildman–Crippen MR) is 91.1 cm³/mol. The Balaban J connectivity index is 1.53. The van der Waals surface area contributed by atoms with Crippen LogP contribution in [0.2, 0.25) is 0 Å². The number of ether oxygens (including phenoxy) is 2. The van der Waals surface area contributed by atoms with E-state index in [2.05, 4.69) is 11.0 Å². The molecule has 1 saturated carbocycles. The van der Waals surface area contributed by atoms with Crippen molar-refractivity contribution >= 4 is 11.0 Å². The van der Waals surface area contributed by atoms with Crippen molar-refractivity contribution < 1.29 is 19.0 Å². The number of fused-ring (bicyclic) bond motifs is 1. The molecule has 130 valence electrons. The Labute approximate surface area is 142 Å². The lowest BCUT2D eigenvalue weighted by molar-refractivity contribution is -0.0555. The summed E-state index contributed by atoms with van der Waals surface area (Å²) in [6.45, 7) is 3.09. The molecule has 1 saturated heterocycles. The molecule has 0 unspecified atom stereocenters. The second-order valence-corrected chi connectivity index (χ2v) is 6.89. The van der Waals surface area contributed by atoms with E-state index in [1.165, 1.54) is 0 Å². The van der Waals surface area contributed by atoms with Gasteiger partial charge in [-0.1, -0.05) is 6.42 Å². The number of hydrogen-bond acceptors (Lipinski definition) is 5. The first-order valence-electron chi connectivity index (χ1n) is 8.81. The number of morpholine rings is 1. The normalized spacial score (nSPS) is 28.5. The van der Waals surface area contributed by atoms with E-state index in [1.54, 1.807) is 7.11 Å². The van der Waals surface area contributed by atoms with Crippen LogP contribution in [-0.4, -0.2) is 49.0 Å². The number of methoxy groups -OCH3 is 1. The Hall–Kier alpha value is -1.56. The summed E-state index contributed by atoms with van der Waals surface area (Å²) in [5.74, 6) is 2.11. The second-order valence-electron chi connectivity index (χ2n) is 6.89. The van der Waals surface area contributed by atoms with Crippen molar-refractivity contribution in [2.75, 3.05) is 26.9 Å². The van der Waals surface area contributed by atoms with Crippen molar-refractivity contribution in [2.24, 2.45) is 5.92 Å². The van der Waals surface area contributed by atoms with Crippen LogP contribution in [0.1, 0.15) is 25.0 Å².